The number of hydrogen-bond acceptors (Lipinski definition) is 3. The summed E-state index contributed by atoms with van der Waals surface area (Å²) < 4.78 is 0. The number of carbonyl (C=O) groups excluding carboxylic acids is 3. The summed E-state index contributed by atoms with van der Waals surface area (Å²) in [5.74, 6) is 1.56. The molecule has 156 valence electrons. The Balaban J connectivity index is 1.12. The van der Waals surface area contributed by atoms with Crippen LogP contribution in [0, 0.1) is 41.4 Å². The number of allylic oxidation sites excluding steroid dienone is 2. The molecule has 6 heteroatoms. The Bertz CT molecular complexity index is 931. The Kier molecular flexibility index (Phi) is 4.14. The van der Waals surface area contributed by atoms with E-state index in [0.717, 1.165) is 0 Å². The fraction of sp³-hybridized carbons (Fsp3) is 0.542. The summed E-state index contributed by atoms with van der Waals surface area (Å²) in [4.78, 5) is 40.8. The van der Waals surface area contributed by atoms with Gasteiger partial charge in [-0.05, 0) is 74.0 Å². The van der Waals surface area contributed by atoms with Gasteiger partial charge in [-0.3, -0.25) is 19.3 Å². The van der Waals surface area contributed by atoms with Gasteiger partial charge in [-0.1, -0.05) is 29.8 Å². The van der Waals surface area contributed by atoms with Crippen LogP contribution < -0.4 is 5.32 Å². The maximum atomic E-state index is 13.3. The van der Waals surface area contributed by atoms with Crippen LogP contribution in [0.2, 0.25) is 5.02 Å². The highest BCUT2D eigenvalue weighted by Gasteiger charge is 2.67. The van der Waals surface area contributed by atoms with E-state index in [2.05, 4.69) is 17.5 Å². The second kappa shape index (κ2) is 6.68. The summed E-state index contributed by atoms with van der Waals surface area (Å²) in [7, 11) is 0. The summed E-state index contributed by atoms with van der Waals surface area (Å²) in [5, 5.41) is 3.53. The average Bonchev–Trinajstić information content (AvgIpc) is 3.52. The van der Waals surface area contributed by atoms with E-state index in [1.807, 2.05) is 12.1 Å². The highest BCUT2D eigenvalue weighted by atomic mass is 35.5. The first-order valence-corrected chi connectivity index (χ1v) is 11.5. The lowest BCUT2D eigenvalue weighted by Gasteiger charge is -2.37. The minimum absolute atomic E-state index is 0.00852. The van der Waals surface area contributed by atoms with Crippen LogP contribution in [0.25, 0.3) is 0 Å². The molecule has 1 N–H and O–H groups in total. The first-order valence-electron chi connectivity index (χ1n) is 11.1. The lowest BCUT2D eigenvalue weighted by Crippen LogP contribution is -2.44. The molecule has 0 unspecified atom stereocenters. The van der Waals surface area contributed by atoms with Crippen LogP contribution in [-0.2, 0) is 14.4 Å². The molecule has 2 bridgehead atoms. The van der Waals surface area contributed by atoms with Crippen LogP contribution in [0.4, 0.5) is 5.69 Å². The van der Waals surface area contributed by atoms with E-state index in [1.165, 1.54) is 6.42 Å². The molecule has 7 rings (SSSR count). The number of rotatable bonds is 3. The molecule has 6 atom stereocenters. The summed E-state index contributed by atoms with van der Waals surface area (Å²) in [6.07, 6.45) is 8.42. The second-order valence-electron chi connectivity index (χ2n) is 9.71. The topological polar surface area (TPSA) is 66.5 Å². The number of carbonyl (C=O) groups is 3. The van der Waals surface area contributed by atoms with E-state index in [-0.39, 0.29) is 53.4 Å². The number of amides is 3. The number of hydrogen-bond donors (Lipinski definition) is 1. The van der Waals surface area contributed by atoms with Crippen molar-refractivity contribution in [1.29, 1.82) is 0 Å². The molecule has 5 aliphatic carbocycles. The summed E-state index contributed by atoms with van der Waals surface area (Å²) in [6.45, 7) is 0. The van der Waals surface area contributed by atoms with E-state index in [0.29, 0.717) is 48.2 Å². The van der Waals surface area contributed by atoms with Crippen LogP contribution in [-0.4, -0.2) is 28.7 Å². The molecule has 0 spiro atoms. The Morgan fingerprint density at radius 2 is 1.60 bits per heavy atom. The van der Waals surface area contributed by atoms with Gasteiger partial charge in [0.05, 0.1) is 11.8 Å². The number of imide groups is 1. The molecular formula is C24H25ClN2O3. The van der Waals surface area contributed by atoms with Crippen molar-refractivity contribution >= 4 is 35.0 Å². The van der Waals surface area contributed by atoms with Gasteiger partial charge >= 0.3 is 0 Å². The van der Waals surface area contributed by atoms with E-state index >= 15 is 0 Å². The SMILES string of the molecule is O=C(Nc1cccc(Cl)c1)C1CCC(N2C(=O)[C@@H]3[C@H]4C=C[C@@H]([C@@H]5C[C@H]45)[C@@H]3C2=O)CC1. The second-order valence-corrected chi connectivity index (χ2v) is 10.1. The van der Waals surface area contributed by atoms with Crippen LogP contribution in [0.1, 0.15) is 32.1 Å². The third-order valence-electron chi connectivity index (χ3n) is 8.22. The van der Waals surface area contributed by atoms with E-state index in [9.17, 15) is 14.4 Å². The lowest BCUT2D eigenvalue weighted by atomic mass is 9.63. The smallest absolute Gasteiger partial charge is 0.233 e. The fourth-order valence-electron chi connectivity index (χ4n) is 6.75. The van der Waals surface area contributed by atoms with Crippen molar-refractivity contribution in [2.45, 2.75) is 38.1 Å². The van der Waals surface area contributed by atoms with Gasteiger partial charge in [-0.15, -0.1) is 0 Å². The molecule has 4 fully saturated rings. The predicted octanol–water partition coefficient (Wildman–Crippen LogP) is 3.89. The first-order chi connectivity index (χ1) is 14.5. The summed E-state index contributed by atoms with van der Waals surface area (Å²) in [6, 6.07) is 7.09. The molecule has 0 aromatic heterocycles. The normalized spacial score (nSPS) is 40.9. The quantitative estimate of drug-likeness (QED) is 0.591. The molecule has 6 aliphatic rings. The van der Waals surface area contributed by atoms with Crippen LogP contribution in [0.3, 0.4) is 0 Å². The van der Waals surface area contributed by atoms with Crippen molar-refractivity contribution in [3.05, 3.63) is 41.4 Å². The van der Waals surface area contributed by atoms with E-state index in [1.54, 1.807) is 17.0 Å². The standard InChI is InChI=1S/C24H25ClN2O3/c25-13-2-1-3-14(10-13)26-22(28)12-4-6-15(7-5-12)27-23(29)20-16-8-9-17(19-11-18(16)19)21(20)24(27)30/h1-3,8-10,12,15-21H,4-7,11H2,(H,26,28)/t12?,15?,16-,17-,18-,19+,20-,21+/m0/s1. The molecular weight excluding hydrogens is 400 g/mol. The summed E-state index contributed by atoms with van der Waals surface area (Å²) in [5.41, 5.74) is 0.699. The van der Waals surface area contributed by atoms with Gasteiger partial charge in [0.2, 0.25) is 17.7 Å². The number of halogens is 1. The van der Waals surface area contributed by atoms with Gasteiger partial charge in [-0.25, -0.2) is 0 Å². The van der Waals surface area contributed by atoms with Gasteiger partial charge in [0.15, 0.2) is 0 Å². The maximum absolute atomic E-state index is 13.3. The van der Waals surface area contributed by atoms with Crippen LogP contribution in [0.15, 0.2) is 36.4 Å². The molecule has 1 aliphatic heterocycles. The van der Waals surface area contributed by atoms with Gasteiger partial charge in [0.25, 0.3) is 0 Å². The van der Waals surface area contributed by atoms with Crippen molar-refractivity contribution in [2.24, 2.45) is 41.4 Å². The molecule has 30 heavy (non-hydrogen) atoms. The molecule has 1 aromatic rings. The van der Waals surface area contributed by atoms with Crippen LogP contribution in [0.5, 0.6) is 0 Å². The zero-order valence-corrected chi connectivity index (χ0v) is 17.4. The van der Waals surface area contributed by atoms with Gasteiger partial charge < -0.3 is 5.32 Å². The molecule has 3 saturated carbocycles. The van der Waals surface area contributed by atoms with Gasteiger partial charge in [0, 0.05) is 22.7 Å². The predicted molar refractivity (Wildman–Crippen MR) is 112 cm³/mol. The number of nitrogens with one attached hydrogen (secondary N) is 1. The molecule has 1 heterocycles. The van der Waals surface area contributed by atoms with Crippen LogP contribution >= 0.6 is 11.6 Å². The third-order valence-corrected chi connectivity index (χ3v) is 8.46. The minimum atomic E-state index is -0.125. The van der Waals surface area contributed by atoms with Crippen molar-refractivity contribution in [3.8, 4) is 0 Å². The van der Waals surface area contributed by atoms with Crippen molar-refractivity contribution in [2.75, 3.05) is 5.32 Å². The molecule has 1 aromatic carbocycles. The monoisotopic (exact) mass is 424 g/mol. The Morgan fingerprint density at radius 3 is 2.20 bits per heavy atom. The average molecular weight is 425 g/mol. The van der Waals surface area contributed by atoms with Crippen molar-refractivity contribution in [1.82, 2.24) is 4.90 Å². The van der Waals surface area contributed by atoms with E-state index in [4.69, 9.17) is 11.6 Å². The lowest BCUT2D eigenvalue weighted by molar-refractivity contribution is -0.144. The first kappa shape index (κ1) is 18.6. The third kappa shape index (κ3) is 2.71. The maximum Gasteiger partial charge on any atom is 0.233 e. The Morgan fingerprint density at radius 1 is 0.967 bits per heavy atom. The Hall–Kier alpha value is -2.14. The van der Waals surface area contributed by atoms with Crippen molar-refractivity contribution in [3.63, 3.8) is 0 Å². The van der Waals surface area contributed by atoms with Gasteiger partial charge in [0.1, 0.15) is 0 Å². The Labute approximate surface area is 180 Å². The fourth-order valence-corrected chi connectivity index (χ4v) is 6.94. The van der Waals surface area contributed by atoms with Crippen molar-refractivity contribution < 1.29 is 14.4 Å². The number of likely N-dealkylation sites (tertiary alicyclic amines) is 1. The summed E-state index contributed by atoms with van der Waals surface area (Å²) >= 11 is 6.00. The van der Waals surface area contributed by atoms with Gasteiger partial charge in [-0.2, -0.15) is 0 Å². The molecule has 3 amide bonds. The zero-order valence-electron chi connectivity index (χ0n) is 16.7. The largest absolute Gasteiger partial charge is 0.326 e. The minimum Gasteiger partial charge on any atom is -0.326 e. The number of benzene rings is 1. The number of anilines is 1. The highest BCUT2D eigenvalue weighted by molar-refractivity contribution is 6.30. The van der Waals surface area contributed by atoms with E-state index < -0.39 is 0 Å². The molecule has 5 nitrogen and oxygen atoms in total. The zero-order chi connectivity index (χ0) is 20.6. The number of nitrogens with zero attached hydrogens (tertiary/aromatic N) is 1. The molecule has 1 saturated heterocycles. The highest BCUT2D eigenvalue weighted by Crippen LogP contribution is 2.65. The molecule has 0 radical (unpaired) electrons.